The van der Waals surface area contributed by atoms with E-state index in [-0.39, 0.29) is 11.0 Å². The molecule has 0 atom stereocenters. The van der Waals surface area contributed by atoms with Crippen molar-refractivity contribution in [1.82, 2.24) is 9.97 Å². The number of sulfone groups is 1. The maximum atomic E-state index is 10.9. The minimum absolute atomic E-state index is 0.0790. The van der Waals surface area contributed by atoms with Gasteiger partial charge in [-0.15, -0.1) is 11.8 Å². The molecule has 0 saturated carbocycles. The van der Waals surface area contributed by atoms with Gasteiger partial charge < -0.3 is 0 Å². The molecule has 0 radical (unpaired) electrons. The van der Waals surface area contributed by atoms with E-state index in [1.54, 1.807) is 0 Å². The van der Waals surface area contributed by atoms with Gasteiger partial charge in [-0.1, -0.05) is 11.6 Å². The Balaban J connectivity index is 2.61. The van der Waals surface area contributed by atoms with Gasteiger partial charge in [-0.2, -0.15) is 0 Å². The first-order chi connectivity index (χ1) is 6.88. The molecule has 0 aliphatic heterocycles. The van der Waals surface area contributed by atoms with Crippen LogP contribution in [0.3, 0.4) is 0 Å². The minimum Gasteiger partial charge on any atom is -0.229 e. The van der Waals surface area contributed by atoms with E-state index in [0.29, 0.717) is 15.8 Å². The second-order valence-corrected chi connectivity index (χ2v) is 6.86. The molecule has 8 heteroatoms. The summed E-state index contributed by atoms with van der Waals surface area (Å²) in [5.41, 5.74) is 0. The fourth-order valence-electron chi connectivity index (χ4n) is 0.722. The van der Waals surface area contributed by atoms with Crippen LogP contribution in [0, 0.1) is 0 Å². The van der Waals surface area contributed by atoms with Crippen molar-refractivity contribution >= 4 is 44.8 Å². The summed E-state index contributed by atoms with van der Waals surface area (Å²) in [5, 5.41) is 0.972. The molecule has 0 aliphatic rings. The Kier molecular flexibility index (Phi) is 4.64. The number of nitrogens with zero attached hydrogens (tertiary/aromatic N) is 2. The van der Waals surface area contributed by atoms with Crippen molar-refractivity contribution in [3.63, 3.8) is 0 Å². The lowest BCUT2D eigenvalue weighted by atomic mass is 10.7. The highest BCUT2D eigenvalue weighted by Crippen LogP contribution is 2.25. The molecule has 1 heterocycles. The molecule has 84 valence electrons. The number of rotatable bonds is 4. The number of hydrogen-bond acceptors (Lipinski definition) is 5. The summed E-state index contributed by atoms with van der Waals surface area (Å²) in [4.78, 5) is 7.57. The Morgan fingerprint density at radius 1 is 1.47 bits per heavy atom. The topological polar surface area (TPSA) is 59.9 Å². The average Bonchev–Trinajstić information content (AvgIpc) is 2.09. The Labute approximate surface area is 102 Å². The van der Waals surface area contributed by atoms with Crippen LogP contribution < -0.4 is 0 Å². The Morgan fingerprint density at radius 3 is 2.73 bits per heavy atom. The highest BCUT2D eigenvalue weighted by atomic mass is 35.5. The largest absolute Gasteiger partial charge is 0.229 e. The van der Waals surface area contributed by atoms with Gasteiger partial charge >= 0.3 is 0 Å². The van der Waals surface area contributed by atoms with Gasteiger partial charge in [0.25, 0.3) is 0 Å². The standard InChI is InChI=1S/C7H8Cl2N2O2S2/c1-15(12,13)3-2-14-6-5(8)4-10-7(9)11-6/h4H,2-3H2,1H3. The van der Waals surface area contributed by atoms with E-state index in [2.05, 4.69) is 9.97 Å². The predicted octanol–water partition coefficient (Wildman–Crippen LogP) is 1.92. The summed E-state index contributed by atoms with van der Waals surface area (Å²) < 4.78 is 21.7. The third-order valence-corrected chi connectivity index (χ3v) is 4.14. The third-order valence-electron chi connectivity index (χ3n) is 1.38. The van der Waals surface area contributed by atoms with E-state index < -0.39 is 9.84 Å². The van der Waals surface area contributed by atoms with E-state index in [9.17, 15) is 8.42 Å². The van der Waals surface area contributed by atoms with Crippen LogP contribution in [0.5, 0.6) is 0 Å². The normalized spacial score (nSPS) is 11.7. The average molecular weight is 287 g/mol. The van der Waals surface area contributed by atoms with Crippen molar-refractivity contribution in [2.24, 2.45) is 0 Å². The molecule has 1 aromatic rings. The first-order valence-corrected chi connectivity index (χ1v) is 7.67. The fourth-order valence-corrected chi connectivity index (χ4v) is 3.24. The van der Waals surface area contributed by atoms with Gasteiger partial charge in [0, 0.05) is 12.0 Å². The predicted molar refractivity (Wildman–Crippen MR) is 62.5 cm³/mol. The molecular weight excluding hydrogens is 279 g/mol. The zero-order valence-corrected chi connectivity index (χ0v) is 10.9. The Bertz CT molecular complexity index is 450. The molecule has 0 fully saturated rings. The van der Waals surface area contributed by atoms with Crippen LogP contribution in [0.4, 0.5) is 0 Å². The lowest BCUT2D eigenvalue weighted by Gasteiger charge is -2.01. The van der Waals surface area contributed by atoms with Crippen LogP contribution in [-0.4, -0.2) is 36.1 Å². The van der Waals surface area contributed by atoms with E-state index in [1.807, 2.05) is 0 Å². The zero-order valence-electron chi connectivity index (χ0n) is 7.77. The molecule has 4 nitrogen and oxygen atoms in total. The second-order valence-electron chi connectivity index (χ2n) is 2.77. The van der Waals surface area contributed by atoms with Crippen molar-refractivity contribution in [1.29, 1.82) is 0 Å². The van der Waals surface area contributed by atoms with Crippen LogP contribution >= 0.6 is 35.0 Å². The lowest BCUT2D eigenvalue weighted by molar-refractivity contribution is 0.603. The van der Waals surface area contributed by atoms with E-state index >= 15 is 0 Å². The number of hydrogen-bond donors (Lipinski definition) is 0. The fraction of sp³-hybridized carbons (Fsp3) is 0.429. The highest BCUT2D eigenvalue weighted by Gasteiger charge is 2.07. The molecule has 0 N–H and O–H groups in total. The number of halogens is 2. The second kappa shape index (κ2) is 5.34. The summed E-state index contributed by atoms with van der Waals surface area (Å²) >= 11 is 12.6. The number of aromatic nitrogens is 2. The van der Waals surface area contributed by atoms with Crippen LogP contribution in [-0.2, 0) is 9.84 Å². The molecule has 0 unspecified atom stereocenters. The van der Waals surface area contributed by atoms with Gasteiger partial charge in [-0.3, -0.25) is 0 Å². The molecule has 0 aromatic carbocycles. The summed E-state index contributed by atoms with van der Waals surface area (Å²) in [5.74, 6) is 0.474. The summed E-state index contributed by atoms with van der Waals surface area (Å²) in [7, 11) is -2.96. The highest BCUT2D eigenvalue weighted by molar-refractivity contribution is 8.00. The number of thioether (sulfide) groups is 1. The van der Waals surface area contributed by atoms with E-state index in [4.69, 9.17) is 23.2 Å². The Hall–Kier alpha value is -0.0400. The molecule has 1 aromatic heterocycles. The van der Waals surface area contributed by atoms with Crippen molar-refractivity contribution in [3.8, 4) is 0 Å². The third kappa shape index (κ3) is 5.01. The van der Waals surface area contributed by atoms with Crippen molar-refractivity contribution in [2.45, 2.75) is 5.03 Å². The smallest absolute Gasteiger partial charge is 0.223 e. The lowest BCUT2D eigenvalue weighted by Crippen LogP contribution is -2.05. The molecular formula is C7H8Cl2N2O2S2. The quantitative estimate of drug-likeness (QED) is 0.481. The van der Waals surface area contributed by atoms with Gasteiger partial charge in [-0.05, 0) is 11.6 Å². The molecule has 0 saturated heterocycles. The molecule has 0 bridgehead atoms. The molecule has 0 aliphatic carbocycles. The van der Waals surface area contributed by atoms with Crippen LogP contribution in [0.15, 0.2) is 11.2 Å². The summed E-state index contributed by atoms with van der Waals surface area (Å²) in [6, 6.07) is 0. The van der Waals surface area contributed by atoms with E-state index in [0.717, 1.165) is 0 Å². The van der Waals surface area contributed by atoms with Gasteiger partial charge in [-0.25, -0.2) is 18.4 Å². The maximum absolute atomic E-state index is 10.9. The molecule has 0 amide bonds. The van der Waals surface area contributed by atoms with Crippen LogP contribution in [0.2, 0.25) is 10.3 Å². The summed E-state index contributed by atoms with van der Waals surface area (Å²) in [6.07, 6.45) is 2.57. The SMILES string of the molecule is CS(=O)(=O)CCSc1nc(Cl)ncc1Cl. The van der Waals surface area contributed by atoms with Gasteiger partial charge in [0.05, 0.1) is 17.0 Å². The van der Waals surface area contributed by atoms with Crippen molar-refractivity contribution in [2.75, 3.05) is 17.8 Å². The zero-order chi connectivity index (χ0) is 11.5. The van der Waals surface area contributed by atoms with Crippen molar-refractivity contribution in [3.05, 3.63) is 16.5 Å². The monoisotopic (exact) mass is 286 g/mol. The molecule has 0 spiro atoms. The van der Waals surface area contributed by atoms with Gasteiger partial charge in [0.1, 0.15) is 14.9 Å². The first kappa shape index (κ1) is 13.0. The first-order valence-electron chi connectivity index (χ1n) is 3.87. The van der Waals surface area contributed by atoms with Crippen LogP contribution in [0.25, 0.3) is 0 Å². The summed E-state index contributed by atoms with van der Waals surface area (Å²) in [6.45, 7) is 0. The van der Waals surface area contributed by atoms with Crippen LogP contribution in [0.1, 0.15) is 0 Å². The van der Waals surface area contributed by atoms with E-state index in [1.165, 1.54) is 24.2 Å². The van der Waals surface area contributed by atoms with Gasteiger partial charge in [0.2, 0.25) is 5.28 Å². The maximum Gasteiger partial charge on any atom is 0.223 e. The molecule has 1 rings (SSSR count). The Morgan fingerprint density at radius 2 is 2.13 bits per heavy atom. The van der Waals surface area contributed by atoms with Crippen molar-refractivity contribution < 1.29 is 8.42 Å². The van der Waals surface area contributed by atoms with Gasteiger partial charge in [0.15, 0.2) is 0 Å². The molecule has 15 heavy (non-hydrogen) atoms. The minimum atomic E-state index is -2.96.